The molecule has 0 unspecified atom stereocenters. The normalized spacial score (nSPS) is 9.29. The maximum Gasteiger partial charge on any atom is 0.341 e. The van der Waals surface area contributed by atoms with E-state index in [1.807, 2.05) is 0 Å². The van der Waals surface area contributed by atoms with Gasteiger partial charge in [-0.2, -0.15) is 0 Å². The summed E-state index contributed by atoms with van der Waals surface area (Å²) < 4.78 is 16.1. The fraction of sp³-hybridized carbons (Fsp3) is 0.400. The summed E-state index contributed by atoms with van der Waals surface area (Å²) in [6, 6.07) is 0. The maximum absolute atomic E-state index is 11.7. The Morgan fingerprint density at radius 1 is 1.29 bits per heavy atom. The van der Waals surface area contributed by atoms with Gasteiger partial charge in [-0.05, 0) is 19.8 Å². The zero-order valence-corrected chi connectivity index (χ0v) is 8.14. The Balaban J connectivity index is 4.02. The first kappa shape index (κ1) is 12.6. The van der Waals surface area contributed by atoms with Gasteiger partial charge in [0, 0.05) is 11.1 Å². The average Bonchev–Trinajstić information content (AvgIpc) is 2.13. The number of carbonyl (C=O) groups is 2. The first-order chi connectivity index (χ1) is 6.49. The van der Waals surface area contributed by atoms with Crippen LogP contribution in [0.2, 0.25) is 0 Å². The first-order valence-electron chi connectivity index (χ1n) is 4.14. The molecule has 0 aromatic heterocycles. The smallest absolute Gasteiger partial charge is 0.341 e. The number of hydrogen-bond acceptors (Lipinski definition) is 3. The topological polar surface area (TPSA) is 43.4 Å². The van der Waals surface area contributed by atoms with E-state index in [0.717, 1.165) is 0 Å². The van der Waals surface area contributed by atoms with E-state index in [0.29, 0.717) is 0 Å². The summed E-state index contributed by atoms with van der Waals surface area (Å²) >= 11 is 0. The number of carbonyl (C=O) groups excluding carboxylic acids is 2. The van der Waals surface area contributed by atoms with Crippen molar-refractivity contribution in [2.24, 2.45) is 0 Å². The van der Waals surface area contributed by atoms with Crippen LogP contribution >= 0.6 is 0 Å². The van der Waals surface area contributed by atoms with Crippen molar-refractivity contribution in [3.05, 3.63) is 24.3 Å². The molecule has 0 N–H and O–H groups in total. The predicted molar refractivity (Wildman–Crippen MR) is 50.3 cm³/mol. The van der Waals surface area contributed by atoms with Crippen molar-refractivity contribution in [1.82, 2.24) is 0 Å². The van der Waals surface area contributed by atoms with E-state index >= 15 is 0 Å². The van der Waals surface area contributed by atoms with Gasteiger partial charge >= 0.3 is 11.9 Å². The molecule has 78 valence electrons. The molecule has 0 aliphatic carbocycles. The van der Waals surface area contributed by atoms with E-state index in [1.54, 1.807) is 0 Å². The molecule has 0 spiro atoms. The highest BCUT2D eigenvalue weighted by Gasteiger charge is 2.13. The zero-order valence-electron chi connectivity index (χ0n) is 8.14. The van der Waals surface area contributed by atoms with Crippen molar-refractivity contribution < 1.29 is 18.7 Å². The largest absolute Gasteiger partial charge is 0.386 e. The molecule has 14 heavy (non-hydrogen) atoms. The fourth-order valence-electron chi connectivity index (χ4n) is 0.626. The van der Waals surface area contributed by atoms with Crippen LogP contribution in [0.1, 0.15) is 19.8 Å². The van der Waals surface area contributed by atoms with Gasteiger partial charge in [-0.15, -0.1) is 0 Å². The van der Waals surface area contributed by atoms with Crippen molar-refractivity contribution in [2.45, 2.75) is 19.8 Å². The van der Waals surface area contributed by atoms with Crippen LogP contribution in [0.15, 0.2) is 24.3 Å². The Morgan fingerprint density at radius 3 is 2.29 bits per heavy atom. The minimum atomic E-state index is -0.813. The predicted octanol–water partition coefficient (Wildman–Crippen LogP) is 1.94. The lowest BCUT2D eigenvalue weighted by atomic mass is 10.2. The van der Waals surface area contributed by atoms with Crippen LogP contribution in [0.3, 0.4) is 0 Å². The summed E-state index contributed by atoms with van der Waals surface area (Å²) in [6.07, 6.45) is 0.397. The van der Waals surface area contributed by atoms with E-state index in [1.165, 1.54) is 6.92 Å². The van der Waals surface area contributed by atoms with Gasteiger partial charge in [-0.25, -0.2) is 9.59 Å². The van der Waals surface area contributed by atoms with Gasteiger partial charge in [-0.3, -0.25) is 4.39 Å². The molecule has 0 heterocycles. The maximum atomic E-state index is 11.7. The Bertz CT molecular complexity index is 269. The molecule has 0 rings (SSSR count). The van der Waals surface area contributed by atoms with Crippen molar-refractivity contribution in [2.75, 3.05) is 6.67 Å². The van der Waals surface area contributed by atoms with Gasteiger partial charge in [0.05, 0.1) is 6.67 Å². The van der Waals surface area contributed by atoms with Crippen LogP contribution in [0.4, 0.5) is 4.39 Å². The molecule has 0 bridgehead atoms. The third-order valence-electron chi connectivity index (χ3n) is 1.43. The van der Waals surface area contributed by atoms with Crippen LogP contribution in [-0.4, -0.2) is 18.6 Å². The highest BCUT2D eigenvalue weighted by molar-refractivity contribution is 6.00. The summed E-state index contributed by atoms with van der Waals surface area (Å²) in [5.41, 5.74) is 0.230. The summed E-state index contributed by atoms with van der Waals surface area (Å²) in [5.74, 6) is -1.59. The molecule has 0 amide bonds. The summed E-state index contributed by atoms with van der Waals surface area (Å²) in [7, 11) is 0. The highest BCUT2D eigenvalue weighted by Crippen LogP contribution is 2.06. The summed E-state index contributed by atoms with van der Waals surface area (Å²) in [6.45, 7) is 7.60. The molecule has 0 radical (unpaired) electrons. The Morgan fingerprint density at radius 2 is 1.86 bits per heavy atom. The molecule has 0 aromatic rings. The molecular formula is C10H13FO3. The molecule has 0 atom stereocenters. The van der Waals surface area contributed by atoms with Crippen molar-refractivity contribution in [3.8, 4) is 0 Å². The summed E-state index contributed by atoms with van der Waals surface area (Å²) in [5, 5.41) is 0. The monoisotopic (exact) mass is 200 g/mol. The van der Waals surface area contributed by atoms with E-state index in [9.17, 15) is 14.0 Å². The van der Waals surface area contributed by atoms with E-state index < -0.39 is 18.6 Å². The van der Waals surface area contributed by atoms with E-state index in [2.05, 4.69) is 17.9 Å². The molecule has 0 aromatic carbocycles. The van der Waals surface area contributed by atoms with Gasteiger partial charge in [0.2, 0.25) is 0 Å². The second kappa shape index (κ2) is 6.07. The number of alkyl halides is 1. The van der Waals surface area contributed by atoms with Crippen LogP contribution in [0.25, 0.3) is 0 Å². The molecule has 0 fully saturated rings. The van der Waals surface area contributed by atoms with Crippen LogP contribution in [0, 0.1) is 0 Å². The van der Waals surface area contributed by atoms with Crippen molar-refractivity contribution >= 4 is 11.9 Å². The van der Waals surface area contributed by atoms with Gasteiger partial charge in [-0.1, -0.05) is 13.2 Å². The fourth-order valence-corrected chi connectivity index (χ4v) is 0.626. The number of rotatable bonds is 5. The van der Waals surface area contributed by atoms with Gasteiger partial charge in [0.25, 0.3) is 0 Å². The number of esters is 2. The third kappa shape index (κ3) is 4.54. The molecule has 0 saturated carbocycles. The lowest BCUT2D eigenvalue weighted by Gasteiger charge is -2.03. The molecular weight excluding hydrogens is 187 g/mol. The summed E-state index contributed by atoms with van der Waals surface area (Å²) in [4.78, 5) is 21.9. The van der Waals surface area contributed by atoms with Gasteiger partial charge in [0.1, 0.15) is 0 Å². The molecule has 3 nitrogen and oxygen atoms in total. The lowest BCUT2D eigenvalue weighted by molar-refractivity contribution is -0.154. The Labute approximate surface area is 82.2 Å². The van der Waals surface area contributed by atoms with Crippen molar-refractivity contribution in [1.29, 1.82) is 0 Å². The first-order valence-corrected chi connectivity index (χ1v) is 4.14. The second-order valence-electron chi connectivity index (χ2n) is 2.85. The highest BCUT2D eigenvalue weighted by atomic mass is 19.1. The quantitative estimate of drug-likeness (QED) is 0.387. The Hall–Kier alpha value is -1.45. The molecule has 4 heteroatoms. The van der Waals surface area contributed by atoms with Crippen LogP contribution in [-0.2, 0) is 14.3 Å². The Kier molecular flexibility index (Phi) is 5.44. The number of ether oxygens (including phenoxy) is 1. The molecule has 0 saturated heterocycles. The zero-order chi connectivity index (χ0) is 11.1. The standard InChI is InChI=1S/C10H13FO3/c1-7(2)9(12)14-10(13)8(3)5-4-6-11/h1,3-6H2,2H3. The minimum Gasteiger partial charge on any atom is -0.386 e. The van der Waals surface area contributed by atoms with Gasteiger partial charge in [0.15, 0.2) is 0 Å². The van der Waals surface area contributed by atoms with E-state index in [4.69, 9.17) is 0 Å². The average molecular weight is 200 g/mol. The van der Waals surface area contributed by atoms with E-state index in [-0.39, 0.29) is 24.0 Å². The number of halogens is 1. The van der Waals surface area contributed by atoms with Gasteiger partial charge < -0.3 is 4.74 Å². The second-order valence-corrected chi connectivity index (χ2v) is 2.85. The van der Waals surface area contributed by atoms with Crippen LogP contribution < -0.4 is 0 Å². The molecule has 0 aliphatic rings. The number of hydrogen-bond donors (Lipinski definition) is 0. The van der Waals surface area contributed by atoms with Crippen LogP contribution in [0.5, 0.6) is 0 Å². The molecule has 0 aliphatic heterocycles. The SMILES string of the molecule is C=C(C)C(=O)OC(=O)C(=C)CCCF. The lowest BCUT2D eigenvalue weighted by Crippen LogP contribution is -2.14. The van der Waals surface area contributed by atoms with Crippen molar-refractivity contribution in [3.63, 3.8) is 0 Å². The minimum absolute atomic E-state index is 0.0947. The third-order valence-corrected chi connectivity index (χ3v) is 1.43.